The molecular weight excluding hydrogens is 308 g/mol. The van der Waals surface area contributed by atoms with Crippen LogP contribution >= 0.6 is 0 Å². The minimum atomic E-state index is -1.87. The molecular formula is C18H32O4Si. The third kappa shape index (κ3) is 6.53. The molecule has 0 aliphatic rings. The van der Waals surface area contributed by atoms with Crippen LogP contribution < -0.4 is 4.43 Å². The summed E-state index contributed by atoms with van der Waals surface area (Å²) in [7, 11) is -0.240. The van der Waals surface area contributed by atoms with Crippen molar-refractivity contribution < 1.29 is 18.3 Å². The van der Waals surface area contributed by atoms with Crippen molar-refractivity contribution in [2.45, 2.75) is 58.7 Å². The SMILES string of the molecule is COCOC/C(C)=C/CCc1ccoc1O[Si](C)(C)C(C)(C)C. The second-order valence-electron chi connectivity index (χ2n) is 7.44. The van der Waals surface area contributed by atoms with Crippen molar-refractivity contribution in [1.29, 1.82) is 0 Å². The Morgan fingerprint density at radius 2 is 2.00 bits per heavy atom. The highest BCUT2D eigenvalue weighted by atomic mass is 28.4. The van der Waals surface area contributed by atoms with E-state index in [9.17, 15) is 0 Å². The number of hydrogen-bond acceptors (Lipinski definition) is 4. The first-order valence-corrected chi connectivity index (χ1v) is 11.1. The van der Waals surface area contributed by atoms with Crippen molar-refractivity contribution in [1.82, 2.24) is 0 Å². The summed E-state index contributed by atoms with van der Waals surface area (Å²) in [5, 5.41) is 0.159. The third-order valence-electron chi connectivity index (χ3n) is 4.30. The van der Waals surface area contributed by atoms with Crippen LogP contribution in [0.25, 0.3) is 0 Å². The maximum absolute atomic E-state index is 6.28. The van der Waals surface area contributed by atoms with Crippen LogP contribution in [-0.4, -0.2) is 28.8 Å². The fourth-order valence-corrected chi connectivity index (χ4v) is 2.75. The molecule has 0 saturated heterocycles. The summed E-state index contributed by atoms with van der Waals surface area (Å²) < 4.78 is 22.1. The molecule has 5 heteroatoms. The van der Waals surface area contributed by atoms with Crippen LogP contribution in [-0.2, 0) is 15.9 Å². The van der Waals surface area contributed by atoms with Gasteiger partial charge in [0.2, 0.25) is 0 Å². The lowest BCUT2D eigenvalue weighted by molar-refractivity contribution is -0.0211. The highest BCUT2D eigenvalue weighted by Crippen LogP contribution is 2.38. The lowest BCUT2D eigenvalue weighted by Gasteiger charge is -2.35. The Hall–Kier alpha value is -1.04. The highest BCUT2D eigenvalue weighted by Gasteiger charge is 2.40. The van der Waals surface area contributed by atoms with E-state index >= 15 is 0 Å². The Kier molecular flexibility index (Phi) is 7.57. The number of hydrogen-bond donors (Lipinski definition) is 0. The molecule has 0 N–H and O–H groups in total. The lowest BCUT2D eigenvalue weighted by Crippen LogP contribution is -2.43. The number of aryl methyl sites for hydroxylation is 1. The van der Waals surface area contributed by atoms with E-state index in [0.29, 0.717) is 19.3 Å². The summed E-state index contributed by atoms with van der Waals surface area (Å²) in [6.45, 7) is 14.2. The van der Waals surface area contributed by atoms with E-state index in [1.807, 2.05) is 6.07 Å². The Bertz CT molecular complexity index is 497. The van der Waals surface area contributed by atoms with Gasteiger partial charge < -0.3 is 18.3 Å². The highest BCUT2D eigenvalue weighted by molar-refractivity contribution is 6.74. The van der Waals surface area contributed by atoms with Crippen LogP contribution in [0.1, 0.15) is 39.7 Å². The summed E-state index contributed by atoms with van der Waals surface area (Å²) in [6, 6.07) is 2.01. The molecule has 1 aromatic heterocycles. The molecule has 1 heterocycles. The molecule has 4 nitrogen and oxygen atoms in total. The molecule has 0 aliphatic heterocycles. The molecule has 0 amide bonds. The zero-order valence-corrected chi connectivity index (χ0v) is 16.7. The Balaban J connectivity index is 2.57. The molecule has 0 spiro atoms. The Morgan fingerprint density at radius 1 is 1.30 bits per heavy atom. The number of methoxy groups -OCH3 is 1. The summed E-state index contributed by atoms with van der Waals surface area (Å²) in [4.78, 5) is 0. The van der Waals surface area contributed by atoms with E-state index in [1.54, 1.807) is 13.4 Å². The molecule has 0 saturated carbocycles. The molecule has 0 unspecified atom stereocenters. The van der Waals surface area contributed by atoms with Gasteiger partial charge in [0.25, 0.3) is 14.3 Å². The van der Waals surface area contributed by atoms with Gasteiger partial charge in [-0.05, 0) is 44.0 Å². The molecule has 0 radical (unpaired) electrons. The minimum Gasteiger partial charge on any atom is -0.518 e. The van der Waals surface area contributed by atoms with Gasteiger partial charge in [0.15, 0.2) is 0 Å². The van der Waals surface area contributed by atoms with Crippen molar-refractivity contribution in [3.05, 3.63) is 29.5 Å². The molecule has 0 aliphatic carbocycles. The summed E-state index contributed by atoms with van der Waals surface area (Å²) >= 11 is 0. The predicted molar refractivity (Wildman–Crippen MR) is 96.4 cm³/mol. The summed E-state index contributed by atoms with van der Waals surface area (Å²) in [5.74, 6) is 0.693. The lowest BCUT2D eigenvalue weighted by atomic mass is 10.1. The van der Waals surface area contributed by atoms with Gasteiger partial charge in [0.1, 0.15) is 6.79 Å². The van der Waals surface area contributed by atoms with Gasteiger partial charge >= 0.3 is 0 Å². The van der Waals surface area contributed by atoms with Gasteiger partial charge in [-0.2, -0.15) is 0 Å². The van der Waals surface area contributed by atoms with Crippen molar-refractivity contribution >= 4 is 8.32 Å². The van der Waals surface area contributed by atoms with E-state index in [1.165, 1.54) is 5.57 Å². The summed E-state index contributed by atoms with van der Waals surface area (Å²) in [5.41, 5.74) is 2.34. The molecule has 132 valence electrons. The van der Waals surface area contributed by atoms with Gasteiger partial charge in [-0.3, -0.25) is 0 Å². The standard InChI is InChI=1S/C18H32O4Si/c1-15(13-20-14-19-5)9-8-10-16-11-12-21-17(16)22-23(6,7)18(2,3)4/h9,11-12H,8,10,13-14H2,1-7H3/b15-9+. The molecule has 0 aromatic carbocycles. The smallest absolute Gasteiger partial charge is 0.273 e. The van der Waals surface area contributed by atoms with E-state index < -0.39 is 8.32 Å². The molecule has 1 rings (SSSR count). The maximum atomic E-state index is 6.28. The van der Waals surface area contributed by atoms with E-state index in [4.69, 9.17) is 18.3 Å². The number of furan rings is 1. The van der Waals surface area contributed by atoms with Crippen LogP contribution in [0.2, 0.25) is 18.1 Å². The van der Waals surface area contributed by atoms with E-state index in [2.05, 4.69) is 46.9 Å². The second kappa shape index (κ2) is 8.71. The number of allylic oxidation sites excluding steroid dienone is 1. The van der Waals surface area contributed by atoms with Gasteiger partial charge in [-0.25, -0.2) is 0 Å². The van der Waals surface area contributed by atoms with Gasteiger partial charge in [0.05, 0.1) is 12.9 Å². The first-order valence-electron chi connectivity index (χ1n) is 8.15. The molecule has 0 atom stereocenters. The van der Waals surface area contributed by atoms with E-state index in [-0.39, 0.29) is 5.04 Å². The normalized spacial score (nSPS) is 13.4. The zero-order chi connectivity index (χ0) is 17.5. The van der Waals surface area contributed by atoms with Crippen molar-refractivity contribution in [2.24, 2.45) is 0 Å². The zero-order valence-electron chi connectivity index (χ0n) is 15.7. The maximum Gasteiger partial charge on any atom is 0.273 e. The third-order valence-corrected chi connectivity index (χ3v) is 8.61. The van der Waals surface area contributed by atoms with Crippen LogP contribution in [0.4, 0.5) is 0 Å². The number of ether oxygens (including phenoxy) is 2. The average Bonchev–Trinajstić information content (AvgIpc) is 2.84. The van der Waals surface area contributed by atoms with Crippen LogP contribution in [0.5, 0.6) is 5.95 Å². The van der Waals surface area contributed by atoms with E-state index in [0.717, 1.165) is 18.4 Å². The first-order chi connectivity index (χ1) is 10.7. The van der Waals surface area contributed by atoms with Crippen molar-refractivity contribution in [2.75, 3.05) is 20.5 Å². The average molecular weight is 341 g/mol. The van der Waals surface area contributed by atoms with Crippen LogP contribution in [0, 0.1) is 0 Å². The van der Waals surface area contributed by atoms with Crippen LogP contribution in [0.3, 0.4) is 0 Å². The number of rotatable bonds is 9. The Labute approximate surface area is 141 Å². The molecule has 1 aromatic rings. The largest absolute Gasteiger partial charge is 0.518 e. The molecule has 23 heavy (non-hydrogen) atoms. The topological polar surface area (TPSA) is 40.8 Å². The quantitative estimate of drug-likeness (QED) is 0.269. The first kappa shape index (κ1) is 20.0. The van der Waals surface area contributed by atoms with Gasteiger partial charge in [0, 0.05) is 12.7 Å². The monoisotopic (exact) mass is 340 g/mol. The van der Waals surface area contributed by atoms with Gasteiger partial charge in [-0.1, -0.05) is 32.4 Å². The van der Waals surface area contributed by atoms with Gasteiger partial charge in [-0.15, -0.1) is 0 Å². The van der Waals surface area contributed by atoms with Crippen molar-refractivity contribution in [3.63, 3.8) is 0 Å². The fourth-order valence-electron chi connectivity index (χ4n) is 1.80. The molecule has 0 bridgehead atoms. The Morgan fingerprint density at radius 3 is 2.61 bits per heavy atom. The fraction of sp³-hybridized carbons (Fsp3) is 0.667. The summed E-state index contributed by atoms with van der Waals surface area (Å²) in [6.07, 6.45) is 5.76. The predicted octanol–water partition coefficient (Wildman–Crippen LogP) is 5.16. The minimum absolute atomic E-state index is 0.159. The van der Waals surface area contributed by atoms with Crippen molar-refractivity contribution in [3.8, 4) is 5.95 Å². The molecule has 0 fully saturated rings. The van der Waals surface area contributed by atoms with Crippen LogP contribution in [0.15, 0.2) is 28.4 Å². The second-order valence-corrected chi connectivity index (χ2v) is 12.2.